The van der Waals surface area contributed by atoms with Crippen molar-refractivity contribution in [2.45, 2.75) is 19.8 Å². The number of hydrogen-bond acceptors (Lipinski definition) is 4. The Kier molecular flexibility index (Phi) is 6.52. The maximum atomic E-state index is 13.4. The van der Waals surface area contributed by atoms with Crippen LogP contribution in [0.2, 0.25) is 0 Å². The Morgan fingerprint density at radius 2 is 1.91 bits per heavy atom. The number of pyridine rings is 2. The fourth-order valence-corrected chi connectivity index (χ4v) is 3.50. The summed E-state index contributed by atoms with van der Waals surface area (Å²) < 4.78 is 13.4. The van der Waals surface area contributed by atoms with Crippen molar-refractivity contribution in [3.8, 4) is 11.1 Å². The molecule has 2 aromatic heterocycles. The number of aryl methyl sites for hydroxylation is 1. The number of anilines is 1. The third kappa shape index (κ3) is 5.15. The summed E-state index contributed by atoms with van der Waals surface area (Å²) in [7, 11) is 0. The van der Waals surface area contributed by atoms with Crippen molar-refractivity contribution in [2.24, 2.45) is 11.7 Å². The van der Waals surface area contributed by atoms with Crippen molar-refractivity contribution in [1.82, 2.24) is 9.97 Å². The SMILES string of the molecule is CC(CN)CCc1ccc2cc(-c3ccnc(NC(=O)c4cccc(F)c4)c3)ccc2n1. The Hall–Kier alpha value is -3.64. The van der Waals surface area contributed by atoms with Crippen LogP contribution < -0.4 is 11.1 Å². The van der Waals surface area contributed by atoms with Gasteiger partial charge < -0.3 is 11.1 Å². The topological polar surface area (TPSA) is 80.9 Å². The van der Waals surface area contributed by atoms with Gasteiger partial charge in [0.15, 0.2) is 0 Å². The first kappa shape index (κ1) is 21.6. The number of rotatable bonds is 7. The van der Waals surface area contributed by atoms with E-state index in [1.54, 1.807) is 18.3 Å². The third-order valence-corrected chi connectivity index (χ3v) is 5.46. The van der Waals surface area contributed by atoms with E-state index in [9.17, 15) is 9.18 Å². The van der Waals surface area contributed by atoms with Gasteiger partial charge in [-0.2, -0.15) is 0 Å². The van der Waals surface area contributed by atoms with E-state index in [4.69, 9.17) is 10.7 Å². The fraction of sp³-hybridized carbons (Fsp3) is 0.192. The van der Waals surface area contributed by atoms with Crippen molar-refractivity contribution < 1.29 is 9.18 Å². The lowest BCUT2D eigenvalue weighted by molar-refractivity contribution is 0.102. The highest BCUT2D eigenvalue weighted by molar-refractivity contribution is 6.04. The lowest BCUT2D eigenvalue weighted by Gasteiger charge is -2.10. The van der Waals surface area contributed by atoms with Crippen LogP contribution in [0.3, 0.4) is 0 Å². The molecule has 0 saturated heterocycles. The highest BCUT2D eigenvalue weighted by Crippen LogP contribution is 2.26. The average molecular weight is 429 g/mol. The molecule has 4 rings (SSSR count). The molecule has 2 heterocycles. The number of carbonyl (C=O) groups is 1. The second kappa shape index (κ2) is 9.66. The maximum absolute atomic E-state index is 13.4. The quantitative estimate of drug-likeness (QED) is 0.423. The molecular formula is C26H25FN4O. The number of nitrogens with zero attached hydrogens (tertiary/aromatic N) is 2. The molecular weight excluding hydrogens is 403 g/mol. The lowest BCUT2D eigenvalue weighted by atomic mass is 10.0. The van der Waals surface area contributed by atoms with Crippen molar-refractivity contribution in [3.63, 3.8) is 0 Å². The Labute approximate surface area is 186 Å². The van der Waals surface area contributed by atoms with E-state index in [0.29, 0.717) is 18.3 Å². The number of nitrogens with two attached hydrogens (primary N) is 1. The molecule has 5 nitrogen and oxygen atoms in total. The monoisotopic (exact) mass is 428 g/mol. The van der Waals surface area contributed by atoms with Crippen molar-refractivity contribution in [3.05, 3.63) is 90.0 Å². The number of halogens is 1. The van der Waals surface area contributed by atoms with Gasteiger partial charge in [-0.25, -0.2) is 9.37 Å². The van der Waals surface area contributed by atoms with E-state index >= 15 is 0 Å². The molecule has 0 aliphatic heterocycles. The molecule has 0 radical (unpaired) electrons. The molecule has 2 aromatic carbocycles. The first-order chi connectivity index (χ1) is 15.5. The van der Waals surface area contributed by atoms with E-state index in [0.717, 1.165) is 40.6 Å². The van der Waals surface area contributed by atoms with E-state index in [1.165, 1.54) is 18.2 Å². The summed E-state index contributed by atoms with van der Waals surface area (Å²) in [5.41, 5.74) is 9.87. The fourth-order valence-electron chi connectivity index (χ4n) is 3.50. The highest BCUT2D eigenvalue weighted by atomic mass is 19.1. The van der Waals surface area contributed by atoms with Crippen LogP contribution >= 0.6 is 0 Å². The predicted molar refractivity (Wildman–Crippen MR) is 126 cm³/mol. The predicted octanol–water partition coefficient (Wildman–Crippen LogP) is 5.22. The molecule has 0 bridgehead atoms. The van der Waals surface area contributed by atoms with Gasteiger partial charge in [0, 0.05) is 22.8 Å². The van der Waals surface area contributed by atoms with Crippen LogP contribution in [0.25, 0.3) is 22.0 Å². The molecule has 0 spiro atoms. The molecule has 1 amide bonds. The number of aromatic nitrogens is 2. The minimum absolute atomic E-state index is 0.241. The van der Waals surface area contributed by atoms with Crippen LogP contribution in [0.1, 0.15) is 29.4 Å². The summed E-state index contributed by atoms with van der Waals surface area (Å²) in [4.78, 5) is 21.4. The minimum atomic E-state index is -0.457. The average Bonchev–Trinajstić information content (AvgIpc) is 2.82. The van der Waals surface area contributed by atoms with Gasteiger partial charge in [0.05, 0.1) is 5.52 Å². The van der Waals surface area contributed by atoms with Gasteiger partial charge >= 0.3 is 0 Å². The summed E-state index contributed by atoms with van der Waals surface area (Å²) in [6.45, 7) is 2.84. The number of amides is 1. The maximum Gasteiger partial charge on any atom is 0.256 e. The van der Waals surface area contributed by atoms with E-state index in [-0.39, 0.29) is 5.56 Å². The number of nitrogens with one attached hydrogen (secondary N) is 1. The van der Waals surface area contributed by atoms with Gasteiger partial charge in [-0.15, -0.1) is 0 Å². The summed E-state index contributed by atoms with van der Waals surface area (Å²) >= 11 is 0. The smallest absolute Gasteiger partial charge is 0.256 e. The first-order valence-corrected chi connectivity index (χ1v) is 10.6. The van der Waals surface area contributed by atoms with Crippen LogP contribution in [-0.4, -0.2) is 22.4 Å². The largest absolute Gasteiger partial charge is 0.330 e. The van der Waals surface area contributed by atoms with E-state index in [2.05, 4.69) is 35.4 Å². The molecule has 3 N–H and O–H groups in total. The molecule has 0 aliphatic carbocycles. The van der Waals surface area contributed by atoms with Gasteiger partial charge in [-0.05, 0) is 85.0 Å². The van der Waals surface area contributed by atoms with Crippen molar-refractivity contribution in [2.75, 3.05) is 11.9 Å². The third-order valence-electron chi connectivity index (χ3n) is 5.46. The van der Waals surface area contributed by atoms with Gasteiger partial charge in [-0.3, -0.25) is 9.78 Å². The Morgan fingerprint density at radius 3 is 2.72 bits per heavy atom. The zero-order chi connectivity index (χ0) is 22.5. The van der Waals surface area contributed by atoms with Crippen LogP contribution in [0.5, 0.6) is 0 Å². The normalized spacial score (nSPS) is 12.0. The molecule has 0 fully saturated rings. The van der Waals surface area contributed by atoms with Gasteiger partial charge in [0.1, 0.15) is 11.6 Å². The van der Waals surface area contributed by atoms with Gasteiger partial charge in [0.25, 0.3) is 5.91 Å². The van der Waals surface area contributed by atoms with E-state index < -0.39 is 11.7 Å². The van der Waals surface area contributed by atoms with Crippen LogP contribution in [0.15, 0.2) is 72.9 Å². The lowest BCUT2D eigenvalue weighted by Crippen LogP contribution is -2.13. The summed E-state index contributed by atoms with van der Waals surface area (Å²) in [5.74, 6) is 0.0195. The number of hydrogen-bond donors (Lipinski definition) is 2. The van der Waals surface area contributed by atoms with Crippen molar-refractivity contribution >= 4 is 22.6 Å². The molecule has 32 heavy (non-hydrogen) atoms. The summed E-state index contributed by atoms with van der Waals surface area (Å²) in [5, 5.41) is 3.77. The minimum Gasteiger partial charge on any atom is -0.330 e. The van der Waals surface area contributed by atoms with Gasteiger partial charge in [0.2, 0.25) is 0 Å². The Morgan fingerprint density at radius 1 is 1.06 bits per heavy atom. The standard InChI is InChI=1S/C26H25FN4O/c1-17(16-28)5-8-23-9-6-20-13-18(7-10-24(20)30-23)19-11-12-29-25(15-19)31-26(32)21-3-2-4-22(27)14-21/h2-4,6-7,9-15,17H,5,8,16,28H2,1H3,(H,29,31,32). The Bertz CT molecular complexity index is 1260. The second-order valence-electron chi connectivity index (χ2n) is 7.98. The number of benzene rings is 2. The molecule has 0 aliphatic rings. The molecule has 162 valence electrons. The molecule has 4 aromatic rings. The molecule has 0 saturated carbocycles. The van der Waals surface area contributed by atoms with E-state index in [1.807, 2.05) is 18.2 Å². The van der Waals surface area contributed by atoms with Crippen LogP contribution in [-0.2, 0) is 6.42 Å². The molecule has 6 heteroatoms. The van der Waals surface area contributed by atoms with Crippen LogP contribution in [0.4, 0.5) is 10.2 Å². The number of carbonyl (C=O) groups excluding carboxylic acids is 1. The zero-order valence-electron chi connectivity index (χ0n) is 17.9. The Balaban J connectivity index is 1.53. The second-order valence-corrected chi connectivity index (χ2v) is 7.98. The summed E-state index contributed by atoms with van der Waals surface area (Å²) in [6.07, 6.45) is 3.57. The number of fused-ring (bicyclic) bond motifs is 1. The molecule has 1 atom stereocenters. The first-order valence-electron chi connectivity index (χ1n) is 10.6. The van der Waals surface area contributed by atoms with Crippen LogP contribution in [0, 0.1) is 11.7 Å². The highest BCUT2D eigenvalue weighted by Gasteiger charge is 2.09. The van der Waals surface area contributed by atoms with Crippen molar-refractivity contribution in [1.29, 1.82) is 0 Å². The zero-order valence-corrected chi connectivity index (χ0v) is 17.9. The summed E-state index contributed by atoms with van der Waals surface area (Å²) in [6, 6.07) is 19.5. The molecule has 1 unspecified atom stereocenters. The van der Waals surface area contributed by atoms with Gasteiger partial charge in [-0.1, -0.05) is 25.1 Å².